The SMILES string of the molecule is COCC(C)NC(N)=NCc1ccccc1CN1CCCC1=O.I. The van der Waals surface area contributed by atoms with Crippen molar-refractivity contribution in [1.82, 2.24) is 10.2 Å². The van der Waals surface area contributed by atoms with E-state index < -0.39 is 0 Å². The number of carbonyl (C=O) groups is 1. The number of hydrogen-bond donors (Lipinski definition) is 2. The van der Waals surface area contributed by atoms with Gasteiger partial charge in [-0.2, -0.15) is 0 Å². The first-order valence-corrected chi connectivity index (χ1v) is 8.00. The Kier molecular flexibility index (Phi) is 9.05. The van der Waals surface area contributed by atoms with Crippen LogP contribution in [0.4, 0.5) is 0 Å². The molecule has 1 aliphatic heterocycles. The average Bonchev–Trinajstić information content (AvgIpc) is 2.92. The molecule has 0 saturated carbocycles. The fraction of sp³-hybridized carbons (Fsp3) is 0.529. The van der Waals surface area contributed by atoms with E-state index in [4.69, 9.17) is 10.5 Å². The van der Waals surface area contributed by atoms with Crippen molar-refractivity contribution >= 4 is 35.8 Å². The molecule has 7 heteroatoms. The lowest BCUT2D eigenvalue weighted by Crippen LogP contribution is -2.40. The molecule has 1 aromatic rings. The number of hydrogen-bond acceptors (Lipinski definition) is 3. The van der Waals surface area contributed by atoms with Crippen molar-refractivity contribution in [2.45, 2.75) is 38.9 Å². The van der Waals surface area contributed by atoms with Gasteiger partial charge >= 0.3 is 0 Å². The molecule has 1 saturated heterocycles. The molecule has 0 aliphatic carbocycles. The van der Waals surface area contributed by atoms with Gasteiger partial charge in [-0.15, -0.1) is 24.0 Å². The summed E-state index contributed by atoms with van der Waals surface area (Å²) < 4.78 is 5.06. The van der Waals surface area contributed by atoms with Gasteiger partial charge in [-0.05, 0) is 24.5 Å². The zero-order valence-electron chi connectivity index (χ0n) is 14.3. The minimum Gasteiger partial charge on any atom is -0.383 e. The van der Waals surface area contributed by atoms with Crippen LogP contribution in [0.25, 0.3) is 0 Å². The lowest BCUT2D eigenvalue weighted by atomic mass is 10.1. The highest BCUT2D eigenvalue weighted by Crippen LogP contribution is 2.17. The topological polar surface area (TPSA) is 80.0 Å². The van der Waals surface area contributed by atoms with Gasteiger partial charge in [0.1, 0.15) is 0 Å². The second-order valence-electron chi connectivity index (χ2n) is 5.89. The molecule has 1 aliphatic rings. The van der Waals surface area contributed by atoms with Gasteiger partial charge in [0.05, 0.1) is 13.2 Å². The Balaban J connectivity index is 0.00000288. The summed E-state index contributed by atoms with van der Waals surface area (Å²) in [5.74, 6) is 0.638. The Morgan fingerprint density at radius 1 is 1.42 bits per heavy atom. The summed E-state index contributed by atoms with van der Waals surface area (Å²) in [5.41, 5.74) is 8.13. The molecule has 1 amide bonds. The first-order chi connectivity index (χ1) is 11.1. The maximum absolute atomic E-state index is 11.8. The fourth-order valence-electron chi connectivity index (χ4n) is 2.70. The summed E-state index contributed by atoms with van der Waals surface area (Å²) in [7, 11) is 1.65. The molecular weight excluding hydrogens is 419 g/mol. The van der Waals surface area contributed by atoms with Crippen molar-refractivity contribution in [1.29, 1.82) is 0 Å². The number of ether oxygens (including phenoxy) is 1. The molecule has 2 rings (SSSR count). The van der Waals surface area contributed by atoms with Gasteiger partial charge < -0.3 is 20.7 Å². The van der Waals surface area contributed by atoms with Crippen molar-refractivity contribution in [3.8, 4) is 0 Å². The number of likely N-dealkylation sites (tertiary alicyclic amines) is 1. The van der Waals surface area contributed by atoms with E-state index in [1.54, 1.807) is 7.11 Å². The van der Waals surface area contributed by atoms with Crippen LogP contribution in [0.1, 0.15) is 30.9 Å². The van der Waals surface area contributed by atoms with Crippen molar-refractivity contribution in [3.63, 3.8) is 0 Å². The van der Waals surface area contributed by atoms with Gasteiger partial charge in [-0.1, -0.05) is 24.3 Å². The molecule has 0 aromatic heterocycles. The minimum absolute atomic E-state index is 0. The number of halogens is 1. The number of rotatable bonds is 7. The van der Waals surface area contributed by atoms with E-state index in [-0.39, 0.29) is 35.9 Å². The normalized spacial score (nSPS) is 16.0. The van der Waals surface area contributed by atoms with Crippen LogP contribution < -0.4 is 11.1 Å². The molecule has 1 aromatic carbocycles. The van der Waals surface area contributed by atoms with Crippen molar-refractivity contribution in [2.75, 3.05) is 20.3 Å². The Bertz CT molecular complexity index is 565. The number of guanidine groups is 1. The van der Waals surface area contributed by atoms with Crippen LogP contribution in [-0.2, 0) is 22.6 Å². The van der Waals surface area contributed by atoms with Crippen LogP contribution in [0.2, 0.25) is 0 Å². The van der Waals surface area contributed by atoms with E-state index >= 15 is 0 Å². The summed E-state index contributed by atoms with van der Waals surface area (Å²) >= 11 is 0. The molecule has 0 radical (unpaired) electrons. The van der Waals surface area contributed by atoms with E-state index in [2.05, 4.69) is 10.3 Å². The van der Waals surface area contributed by atoms with Crippen LogP contribution in [-0.4, -0.2) is 43.1 Å². The molecule has 24 heavy (non-hydrogen) atoms. The third-order valence-corrected chi connectivity index (χ3v) is 3.88. The van der Waals surface area contributed by atoms with E-state index in [9.17, 15) is 4.79 Å². The largest absolute Gasteiger partial charge is 0.383 e. The fourth-order valence-corrected chi connectivity index (χ4v) is 2.70. The number of nitrogens with one attached hydrogen (secondary N) is 1. The molecule has 134 valence electrons. The standard InChI is InChI=1S/C17H26N4O2.HI/c1-13(12-23-2)20-17(18)19-10-14-6-3-4-7-15(14)11-21-9-5-8-16(21)22;/h3-4,6-7,13H,5,8-12H2,1-2H3,(H3,18,19,20);1H. The van der Waals surface area contributed by atoms with Gasteiger partial charge in [-0.25, -0.2) is 4.99 Å². The number of amides is 1. The van der Waals surface area contributed by atoms with E-state index in [1.807, 2.05) is 36.1 Å². The molecule has 0 bridgehead atoms. The Morgan fingerprint density at radius 2 is 2.12 bits per heavy atom. The number of methoxy groups -OCH3 is 1. The smallest absolute Gasteiger partial charge is 0.222 e. The maximum Gasteiger partial charge on any atom is 0.222 e. The lowest BCUT2D eigenvalue weighted by Gasteiger charge is -2.18. The average molecular weight is 446 g/mol. The van der Waals surface area contributed by atoms with Crippen molar-refractivity contribution < 1.29 is 9.53 Å². The van der Waals surface area contributed by atoms with Crippen LogP contribution in [0.5, 0.6) is 0 Å². The number of carbonyl (C=O) groups excluding carboxylic acids is 1. The second kappa shape index (κ2) is 10.5. The van der Waals surface area contributed by atoms with Gasteiger partial charge in [0.15, 0.2) is 5.96 Å². The summed E-state index contributed by atoms with van der Waals surface area (Å²) in [6.45, 7) is 4.55. The van der Waals surface area contributed by atoms with E-state index in [0.29, 0.717) is 32.1 Å². The van der Waals surface area contributed by atoms with Crippen LogP contribution in [0.3, 0.4) is 0 Å². The zero-order chi connectivity index (χ0) is 16.7. The highest BCUT2D eigenvalue weighted by atomic mass is 127. The van der Waals surface area contributed by atoms with E-state index in [1.165, 1.54) is 0 Å². The van der Waals surface area contributed by atoms with Gasteiger partial charge in [-0.3, -0.25) is 4.79 Å². The van der Waals surface area contributed by atoms with Crippen LogP contribution in [0, 0.1) is 0 Å². The van der Waals surface area contributed by atoms with Crippen LogP contribution in [0.15, 0.2) is 29.3 Å². The van der Waals surface area contributed by atoms with Crippen molar-refractivity contribution in [2.24, 2.45) is 10.7 Å². The maximum atomic E-state index is 11.8. The number of nitrogens with two attached hydrogens (primary N) is 1. The predicted octanol–water partition coefficient (Wildman–Crippen LogP) is 1.87. The van der Waals surface area contributed by atoms with Gasteiger partial charge in [0.2, 0.25) is 5.91 Å². The molecule has 3 N–H and O–H groups in total. The Hall–Kier alpha value is -1.35. The van der Waals surface area contributed by atoms with Gasteiger partial charge in [0.25, 0.3) is 0 Å². The molecule has 1 unspecified atom stereocenters. The monoisotopic (exact) mass is 446 g/mol. The summed E-state index contributed by atoms with van der Waals surface area (Å²) in [6.07, 6.45) is 1.61. The second-order valence-corrected chi connectivity index (χ2v) is 5.89. The lowest BCUT2D eigenvalue weighted by molar-refractivity contribution is -0.128. The summed E-state index contributed by atoms with van der Waals surface area (Å²) in [4.78, 5) is 18.1. The quantitative estimate of drug-likeness (QED) is 0.381. The molecule has 1 atom stereocenters. The molecule has 1 heterocycles. The molecular formula is C17H27IN4O2. The molecule has 1 fully saturated rings. The molecule has 6 nitrogen and oxygen atoms in total. The Morgan fingerprint density at radius 3 is 2.75 bits per heavy atom. The summed E-state index contributed by atoms with van der Waals surface area (Å²) in [6, 6.07) is 8.17. The number of aliphatic imine (C=N–C) groups is 1. The van der Waals surface area contributed by atoms with Crippen molar-refractivity contribution in [3.05, 3.63) is 35.4 Å². The minimum atomic E-state index is 0. The number of benzene rings is 1. The number of nitrogens with zero attached hydrogens (tertiary/aromatic N) is 2. The highest BCUT2D eigenvalue weighted by Gasteiger charge is 2.20. The highest BCUT2D eigenvalue weighted by molar-refractivity contribution is 14.0. The third kappa shape index (κ3) is 6.27. The summed E-state index contributed by atoms with van der Waals surface area (Å²) in [5, 5.41) is 3.09. The zero-order valence-corrected chi connectivity index (χ0v) is 16.7. The van der Waals surface area contributed by atoms with Crippen LogP contribution >= 0.6 is 24.0 Å². The predicted molar refractivity (Wildman–Crippen MR) is 106 cm³/mol. The van der Waals surface area contributed by atoms with E-state index in [0.717, 1.165) is 24.1 Å². The first-order valence-electron chi connectivity index (χ1n) is 8.00. The van der Waals surface area contributed by atoms with Gasteiger partial charge in [0, 0.05) is 32.7 Å². The Labute approximate surface area is 160 Å². The molecule has 0 spiro atoms. The third-order valence-electron chi connectivity index (χ3n) is 3.88. The first kappa shape index (κ1) is 20.7.